The molecule has 144 valence electrons. The van der Waals surface area contributed by atoms with Gasteiger partial charge >= 0.3 is 0 Å². The Morgan fingerprint density at radius 3 is 2.16 bits per heavy atom. The predicted octanol–water partition coefficient (Wildman–Crippen LogP) is 6.83. The average molecular weight is 399 g/mol. The van der Waals surface area contributed by atoms with Gasteiger partial charge in [0.2, 0.25) is 0 Å². The van der Waals surface area contributed by atoms with Gasteiger partial charge < -0.3 is 8.83 Å². The summed E-state index contributed by atoms with van der Waals surface area (Å²) in [5.41, 5.74) is 5.23. The number of para-hydroxylation sites is 2. The Kier molecular flexibility index (Phi) is 2.60. The highest BCUT2D eigenvalue weighted by Gasteiger charge is 2.24. The predicted molar refractivity (Wildman–Crippen MR) is 123 cm³/mol. The Labute approximate surface area is 174 Å². The summed E-state index contributed by atoms with van der Waals surface area (Å²) in [5.74, 6) is 0. The fourth-order valence-electron chi connectivity index (χ4n) is 5.10. The van der Waals surface area contributed by atoms with Crippen LogP contribution in [0.4, 0.5) is 0 Å². The summed E-state index contributed by atoms with van der Waals surface area (Å²) in [6.45, 7) is 0. The first-order chi connectivity index (χ1) is 15.4. The summed E-state index contributed by atoms with van der Waals surface area (Å²) in [4.78, 5) is 9.07. The zero-order valence-electron chi connectivity index (χ0n) is 16.2. The van der Waals surface area contributed by atoms with E-state index in [0.29, 0.717) is 0 Å². The van der Waals surface area contributed by atoms with Crippen molar-refractivity contribution < 1.29 is 8.83 Å². The number of benzene rings is 3. The Hall–Kier alpha value is -4.38. The van der Waals surface area contributed by atoms with Crippen molar-refractivity contribution >= 4 is 71.2 Å². The second-order valence-electron chi connectivity index (χ2n) is 7.87. The van der Waals surface area contributed by atoms with Crippen LogP contribution in [0.5, 0.6) is 0 Å². The summed E-state index contributed by atoms with van der Waals surface area (Å²) >= 11 is 0. The standard InChI is InChI=1S/C26H13N3O2/c1-3-7-18-15(5-1)20-21-16-6-2-4-8-19(16)31-25(21)23-22(24(20)30-18)17-13-27-10-9-14(17)26-28-11-12-29(23)26/h1-13H. The van der Waals surface area contributed by atoms with Crippen LogP contribution in [-0.4, -0.2) is 14.4 Å². The van der Waals surface area contributed by atoms with Crippen LogP contribution in [-0.2, 0) is 0 Å². The fourth-order valence-corrected chi connectivity index (χ4v) is 5.10. The second-order valence-corrected chi connectivity index (χ2v) is 7.87. The molecule has 5 aromatic heterocycles. The van der Waals surface area contributed by atoms with Crippen LogP contribution in [0, 0.1) is 0 Å². The van der Waals surface area contributed by atoms with E-state index >= 15 is 0 Å². The molecule has 0 radical (unpaired) electrons. The fraction of sp³-hybridized carbons (Fsp3) is 0. The van der Waals surface area contributed by atoms with Crippen LogP contribution >= 0.6 is 0 Å². The number of rotatable bonds is 0. The van der Waals surface area contributed by atoms with Crippen LogP contribution in [0.15, 0.2) is 88.2 Å². The van der Waals surface area contributed by atoms with Gasteiger partial charge in [0.15, 0.2) is 5.58 Å². The monoisotopic (exact) mass is 399 g/mol. The van der Waals surface area contributed by atoms with Gasteiger partial charge in [-0.15, -0.1) is 0 Å². The third-order valence-corrected chi connectivity index (χ3v) is 6.33. The lowest BCUT2D eigenvalue weighted by Crippen LogP contribution is -1.92. The minimum Gasteiger partial charge on any atom is -0.455 e. The van der Waals surface area contributed by atoms with Gasteiger partial charge in [0.1, 0.15) is 27.9 Å². The van der Waals surface area contributed by atoms with Crippen molar-refractivity contribution in [3.63, 3.8) is 0 Å². The average Bonchev–Trinajstić information content (AvgIpc) is 3.53. The second kappa shape index (κ2) is 5.21. The molecular weight excluding hydrogens is 386 g/mol. The molecule has 8 rings (SSSR count). The molecule has 0 fully saturated rings. The third kappa shape index (κ3) is 1.74. The molecule has 8 aromatic rings. The van der Waals surface area contributed by atoms with E-state index in [0.717, 1.165) is 71.2 Å². The van der Waals surface area contributed by atoms with E-state index in [1.54, 1.807) is 6.20 Å². The molecule has 0 N–H and O–H groups in total. The Morgan fingerprint density at radius 2 is 1.35 bits per heavy atom. The summed E-state index contributed by atoms with van der Waals surface area (Å²) in [5, 5.41) is 7.34. The van der Waals surface area contributed by atoms with Gasteiger partial charge in [-0.3, -0.25) is 9.38 Å². The first-order valence-corrected chi connectivity index (χ1v) is 10.2. The molecule has 3 aromatic carbocycles. The van der Waals surface area contributed by atoms with Crippen molar-refractivity contribution in [3.8, 4) is 0 Å². The quantitative estimate of drug-likeness (QED) is 0.262. The highest BCUT2D eigenvalue weighted by molar-refractivity contribution is 6.37. The smallest absolute Gasteiger partial charge is 0.160 e. The van der Waals surface area contributed by atoms with E-state index < -0.39 is 0 Å². The molecule has 5 heterocycles. The van der Waals surface area contributed by atoms with Crippen LogP contribution < -0.4 is 0 Å². The van der Waals surface area contributed by atoms with Gasteiger partial charge in [0, 0.05) is 57.1 Å². The van der Waals surface area contributed by atoms with Gasteiger partial charge in [0.25, 0.3) is 0 Å². The SMILES string of the molecule is c1ccc2c(c1)oc1c2c2c3ccccc3oc2c2c1c1cnccc1c1nccn12. The zero-order valence-corrected chi connectivity index (χ0v) is 16.2. The van der Waals surface area contributed by atoms with Crippen LogP contribution in [0.2, 0.25) is 0 Å². The molecule has 0 aliphatic rings. The lowest BCUT2D eigenvalue weighted by atomic mass is 9.99. The molecule has 0 atom stereocenters. The number of imidazole rings is 1. The highest BCUT2D eigenvalue weighted by atomic mass is 16.3. The minimum absolute atomic E-state index is 0.837. The van der Waals surface area contributed by atoms with E-state index in [1.807, 2.05) is 61.1 Å². The lowest BCUT2D eigenvalue weighted by Gasteiger charge is -2.09. The largest absolute Gasteiger partial charge is 0.455 e. The number of aromatic nitrogens is 3. The first kappa shape index (κ1) is 15.5. The number of pyridine rings is 2. The van der Waals surface area contributed by atoms with Crippen LogP contribution in [0.3, 0.4) is 0 Å². The first-order valence-electron chi connectivity index (χ1n) is 10.2. The summed E-state index contributed by atoms with van der Waals surface area (Å²) < 4.78 is 15.1. The molecule has 5 heteroatoms. The maximum Gasteiger partial charge on any atom is 0.160 e. The van der Waals surface area contributed by atoms with E-state index in [2.05, 4.69) is 26.5 Å². The van der Waals surface area contributed by atoms with Crippen molar-refractivity contribution in [1.82, 2.24) is 14.4 Å². The van der Waals surface area contributed by atoms with E-state index in [-0.39, 0.29) is 0 Å². The van der Waals surface area contributed by atoms with Crippen molar-refractivity contribution in [1.29, 1.82) is 0 Å². The van der Waals surface area contributed by atoms with Crippen LogP contribution in [0.1, 0.15) is 0 Å². The van der Waals surface area contributed by atoms with Crippen molar-refractivity contribution in [2.24, 2.45) is 0 Å². The summed E-state index contributed by atoms with van der Waals surface area (Å²) in [6, 6.07) is 18.4. The molecule has 0 unspecified atom stereocenters. The molecule has 0 aliphatic carbocycles. The molecule has 0 amide bonds. The van der Waals surface area contributed by atoms with E-state index in [4.69, 9.17) is 8.83 Å². The number of fused-ring (bicyclic) bond motifs is 15. The molecule has 0 saturated heterocycles. The maximum absolute atomic E-state index is 6.52. The van der Waals surface area contributed by atoms with E-state index in [1.165, 1.54) is 0 Å². The van der Waals surface area contributed by atoms with Gasteiger partial charge in [-0.25, -0.2) is 4.98 Å². The molecule has 0 bridgehead atoms. The normalized spacial score (nSPS) is 12.5. The van der Waals surface area contributed by atoms with Crippen molar-refractivity contribution in [3.05, 3.63) is 79.4 Å². The highest BCUT2D eigenvalue weighted by Crippen LogP contribution is 2.46. The molecule has 5 nitrogen and oxygen atoms in total. The van der Waals surface area contributed by atoms with Gasteiger partial charge in [-0.1, -0.05) is 36.4 Å². The van der Waals surface area contributed by atoms with Gasteiger partial charge in [-0.2, -0.15) is 0 Å². The Morgan fingerprint density at radius 1 is 0.645 bits per heavy atom. The molecule has 0 saturated carbocycles. The van der Waals surface area contributed by atoms with Gasteiger partial charge in [0.05, 0.1) is 5.39 Å². The van der Waals surface area contributed by atoms with Gasteiger partial charge in [-0.05, 0) is 18.2 Å². The number of furan rings is 2. The molecule has 0 spiro atoms. The summed E-state index contributed by atoms with van der Waals surface area (Å²) in [7, 11) is 0. The van der Waals surface area contributed by atoms with E-state index in [9.17, 15) is 0 Å². The summed E-state index contributed by atoms with van der Waals surface area (Å²) in [6.07, 6.45) is 7.51. The number of hydrogen-bond acceptors (Lipinski definition) is 4. The Balaban J connectivity index is 1.88. The molecular formula is C26H13N3O2. The lowest BCUT2D eigenvalue weighted by molar-refractivity contribution is 0.667. The topological polar surface area (TPSA) is 56.5 Å². The zero-order chi connectivity index (χ0) is 20.1. The minimum atomic E-state index is 0.837. The third-order valence-electron chi connectivity index (χ3n) is 6.33. The number of hydrogen-bond donors (Lipinski definition) is 0. The number of nitrogens with zero attached hydrogens (tertiary/aromatic N) is 3. The molecule has 0 aliphatic heterocycles. The Bertz CT molecular complexity index is 2010. The van der Waals surface area contributed by atoms with Crippen molar-refractivity contribution in [2.45, 2.75) is 0 Å². The molecule has 31 heavy (non-hydrogen) atoms. The van der Waals surface area contributed by atoms with Crippen LogP contribution in [0.25, 0.3) is 71.2 Å². The maximum atomic E-state index is 6.52. The van der Waals surface area contributed by atoms with Crippen molar-refractivity contribution in [2.75, 3.05) is 0 Å².